The van der Waals surface area contributed by atoms with Crippen LogP contribution in [0.4, 0.5) is 0 Å². The highest BCUT2D eigenvalue weighted by Gasteiger charge is 2.28. The molecule has 1 aromatic carbocycles. The summed E-state index contributed by atoms with van der Waals surface area (Å²) in [5.74, 6) is 0.583. The van der Waals surface area contributed by atoms with Crippen molar-refractivity contribution < 1.29 is 0 Å². The largest absolute Gasteiger partial charge is 0.143 e. The first-order valence-electron chi connectivity index (χ1n) is 13.3. The lowest BCUT2D eigenvalue weighted by atomic mass is 9.90. The molecule has 0 amide bonds. The summed E-state index contributed by atoms with van der Waals surface area (Å²) in [6, 6.07) is 31.8. The van der Waals surface area contributed by atoms with Crippen LogP contribution in [-0.4, -0.2) is 0 Å². The number of hydrogen-bond donors (Lipinski definition) is 0. The van der Waals surface area contributed by atoms with Crippen molar-refractivity contribution in [1.29, 1.82) is 0 Å². The van der Waals surface area contributed by atoms with Crippen LogP contribution in [0.1, 0.15) is 48.2 Å². The lowest BCUT2D eigenvalue weighted by molar-refractivity contribution is 0.671. The van der Waals surface area contributed by atoms with Gasteiger partial charge in [-0.15, -0.1) is 68.0 Å². The Bertz CT molecular complexity index is 1910. The van der Waals surface area contributed by atoms with Crippen molar-refractivity contribution in [3.8, 4) is 39.0 Å². The Labute approximate surface area is 259 Å². The zero-order valence-corrected chi connectivity index (χ0v) is 27.6. The smallest absolute Gasteiger partial charge is 0.0528 e. The molecule has 40 heavy (non-hydrogen) atoms. The minimum absolute atomic E-state index is 0.0461. The van der Waals surface area contributed by atoms with Crippen LogP contribution in [0.5, 0.6) is 0 Å². The van der Waals surface area contributed by atoms with Gasteiger partial charge in [0, 0.05) is 60.1 Å². The molecule has 6 heteroatoms. The number of benzene rings is 1. The molecule has 0 N–H and O–H groups in total. The Hall–Kier alpha value is -2.32. The lowest BCUT2D eigenvalue weighted by Gasteiger charge is -2.21. The van der Waals surface area contributed by atoms with E-state index in [9.17, 15) is 0 Å². The minimum Gasteiger partial charge on any atom is -0.143 e. The van der Waals surface area contributed by atoms with Crippen LogP contribution in [0.3, 0.4) is 0 Å². The van der Waals surface area contributed by atoms with Crippen molar-refractivity contribution >= 4 is 78.8 Å². The fourth-order valence-corrected chi connectivity index (χ4v) is 11.8. The van der Waals surface area contributed by atoms with Gasteiger partial charge in [-0.3, -0.25) is 0 Å². The number of rotatable bonds is 7. The van der Waals surface area contributed by atoms with Gasteiger partial charge in [-0.1, -0.05) is 58.0 Å². The lowest BCUT2D eigenvalue weighted by Crippen LogP contribution is -2.15. The molecule has 7 rings (SSSR count). The molecule has 0 radical (unpaired) electrons. The van der Waals surface area contributed by atoms with Gasteiger partial charge in [0.05, 0.1) is 9.75 Å². The molecule has 0 spiro atoms. The van der Waals surface area contributed by atoms with Gasteiger partial charge in [-0.05, 0) is 65.9 Å². The van der Waals surface area contributed by atoms with E-state index in [-0.39, 0.29) is 5.41 Å². The first-order chi connectivity index (χ1) is 19.4. The maximum absolute atomic E-state index is 2.38. The van der Waals surface area contributed by atoms with E-state index in [0.29, 0.717) is 5.92 Å². The zero-order valence-electron chi connectivity index (χ0n) is 22.7. The third-order valence-electron chi connectivity index (χ3n) is 7.32. The molecule has 0 nitrogen and oxygen atoms in total. The molecule has 6 aromatic heterocycles. The second-order valence-electron chi connectivity index (χ2n) is 10.8. The van der Waals surface area contributed by atoms with Crippen molar-refractivity contribution in [2.45, 2.75) is 39.0 Å². The Balaban J connectivity index is 1.18. The van der Waals surface area contributed by atoms with Crippen molar-refractivity contribution in [2.24, 2.45) is 0 Å². The quantitative estimate of drug-likeness (QED) is 0.165. The molecule has 0 aliphatic rings. The van der Waals surface area contributed by atoms with Crippen molar-refractivity contribution in [1.82, 2.24) is 0 Å². The van der Waals surface area contributed by atoms with Gasteiger partial charge in [-0.2, -0.15) is 0 Å². The summed E-state index contributed by atoms with van der Waals surface area (Å²) in [5.41, 5.74) is -0.0461. The van der Waals surface area contributed by atoms with Crippen LogP contribution >= 0.6 is 68.0 Å². The van der Waals surface area contributed by atoms with E-state index in [1.807, 2.05) is 68.0 Å². The van der Waals surface area contributed by atoms with Gasteiger partial charge in [-0.25, -0.2) is 0 Å². The standard InChI is InChI=1S/C34H28S6/c1-20(2)23-11-12-24(36-23)25-13-14-26(37-25)27-15-17-30(38-27)34(3,4)31-18-16-29(39-31)33-22-9-6-5-8-21(22)32(40-33)28-10-7-19-35-28/h5-20H,1-4H3. The molecule has 6 heterocycles. The van der Waals surface area contributed by atoms with Gasteiger partial charge < -0.3 is 0 Å². The summed E-state index contributed by atoms with van der Waals surface area (Å²) in [6.45, 7) is 9.29. The number of thiophene rings is 6. The number of hydrogen-bond acceptors (Lipinski definition) is 6. The SMILES string of the molecule is CC(C)c1ccc(-c2ccc(-c3ccc(C(C)(C)c4ccc(-c5sc(-c6cccs6)c6ccccc56)s4)s3)s2)s1. The highest BCUT2D eigenvalue weighted by Crippen LogP contribution is 2.50. The summed E-state index contributed by atoms with van der Waals surface area (Å²) in [6.07, 6.45) is 0. The molecule has 0 saturated heterocycles. The van der Waals surface area contributed by atoms with Crippen LogP contribution in [0, 0.1) is 0 Å². The van der Waals surface area contributed by atoms with Gasteiger partial charge in [0.2, 0.25) is 0 Å². The highest BCUT2D eigenvalue weighted by molar-refractivity contribution is 7.28. The van der Waals surface area contributed by atoms with E-state index < -0.39 is 0 Å². The third kappa shape index (κ3) is 4.69. The minimum atomic E-state index is -0.0461. The molecular weight excluding hydrogens is 601 g/mol. The van der Waals surface area contributed by atoms with Crippen molar-refractivity contribution in [2.75, 3.05) is 0 Å². The Morgan fingerprint density at radius 1 is 0.500 bits per heavy atom. The van der Waals surface area contributed by atoms with Crippen molar-refractivity contribution in [3.63, 3.8) is 0 Å². The van der Waals surface area contributed by atoms with Crippen LogP contribution in [-0.2, 0) is 5.41 Å². The Morgan fingerprint density at radius 3 is 1.68 bits per heavy atom. The molecule has 0 bridgehead atoms. The maximum atomic E-state index is 2.38. The van der Waals surface area contributed by atoms with E-state index in [2.05, 4.69) is 118 Å². The zero-order chi connectivity index (χ0) is 27.4. The number of fused-ring (bicyclic) bond motifs is 1. The predicted octanol–water partition coefficient (Wildman–Crippen LogP) is 13.3. The van der Waals surface area contributed by atoms with E-state index in [4.69, 9.17) is 0 Å². The molecule has 0 aliphatic heterocycles. The van der Waals surface area contributed by atoms with Gasteiger partial charge >= 0.3 is 0 Å². The maximum Gasteiger partial charge on any atom is 0.0528 e. The molecule has 0 unspecified atom stereocenters. The fourth-order valence-electron chi connectivity index (χ4n) is 4.99. The highest BCUT2D eigenvalue weighted by atomic mass is 32.1. The topological polar surface area (TPSA) is 0 Å². The van der Waals surface area contributed by atoms with Gasteiger partial charge in [0.15, 0.2) is 0 Å². The summed E-state index contributed by atoms with van der Waals surface area (Å²) in [5, 5.41) is 4.90. The normalized spacial score (nSPS) is 12.2. The average Bonchev–Trinajstić information content (AvgIpc) is 3.77. The average molecular weight is 629 g/mol. The molecule has 0 fully saturated rings. The van der Waals surface area contributed by atoms with Crippen LogP contribution in [0.25, 0.3) is 49.8 Å². The molecule has 200 valence electrons. The first-order valence-corrected chi connectivity index (χ1v) is 18.3. The first kappa shape index (κ1) is 26.6. The van der Waals surface area contributed by atoms with Crippen LogP contribution in [0.15, 0.2) is 90.3 Å². The van der Waals surface area contributed by atoms with E-state index >= 15 is 0 Å². The summed E-state index contributed by atoms with van der Waals surface area (Å²) in [7, 11) is 0. The summed E-state index contributed by atoms with van der Waals surface area (Å²) >= 11 is 11.5. The Morgan fingerprint density at radius 2 is 1.05 bits per heavy atom. The molecule has 7 aromatic rings. The van der Waals surface area contributed by atoms with Crippen LogP contribution in [0.2, 0.25) is 0 Å². The third-order valence-corrected chi connectivity index (χ3v) is 15.5. The molecular formula is C34H28S6. The monoisotopic (exact) mass is 628 g/mol. The van der Waals surface area contributed by atoms with E-state index in [1.54, 1.807) is 0 Å². The summed E-state index contributed by atoms with van der Waals surface area (Å²) < 4.78 is 0. The molecule has 0 saturated carbocycles. The van der Waals surface area contributed by atoms with Crippen molar-refractivity contribution in [3.05, 3.63) is 105 Å². The van der Waals surface area contributed by atoms with Gasteiger partial charge in [0.1, 0.15) is 0 Å². The van der Waals surface area contributed by atoms with Gasteiger partial charge in [0.25, 0.3) is 0 Å². The van der Waals surface area contributed by atoms with E-state index in [1.165, 1.54) is 64.4 Å². The van der Waals surface area contributed by atoms with Crippen LogP contribution < -0.4 is 0 Å². The predicted molar refractivity (Wildman–Crippen MR) is 186 cm³/mol. The molecule has 0 atom stereocenters. The second kappa shape index (κ2) is 10.5. The summed E-state index contributed by atoms with van der Waals surface area (Å²) in [4.78, 5) is 15.3. The molecule has 0 aliphatic carbocycles. The van der Waals surface area contributed by atoms with E-state index in [0.717, 1.165) is 0 Å². The fraction of sp³-hybridized carbons (Fsp3) is 0.176. The Kier molecular flexibility index (Phi) is 6.98. The second-order valence-corrected chi connectivity index (χ2v) is 17.1.